The first-order valence-electron chi connectivity index (χ1n) is 6.83. The van der Waals surface area contributed by atoms with E-state index < -0.39 is 0 Å². The summed E-state index contributed by atoms with van der Waals surface area (Å²) in [5.74, 6) is 0. The molecule has 3 heteroatoms. The third-order valence-corrected chi connectivity index (χ3v) is 3.88. The molecule has 1 saturated heterocycles. The first kappa shape index (κ1) is 13.4. The Morgan fingerprint density at radius 3 is 2.78 bits per heavy atom. The number of nitrogens with two attached hydrogens (primary N) is 1. The van der Waals surface area contributed by atoms with Gasteiger partial charge in [0.25, 0.3) is 0 Å². The smallest absolute Gasteiger partial charge is 0.0399 e. The fourth-order valence-electron chi connectivity index (χ4n) is 2.76. The fraction of sp³-hybridized carbons (Fsp3) is 0.600. The van der Waals surface area contributed by atoms with E-state index in [1.165, 1.54) is 23.2 Å². The lowest BCUT2D eigenvalue weighted by molar-refractivity contribution is 0.315. The third-order valence-electron chi connectivity index (χ3n) is 3.88. The van der Waals surface area contributed by atoms with Gasteiger partial charge in [0.2, 0.25) is 0 Å². The molecular weight excluding hydrogens is 222 g/mol. The molecular formula is C15H25N3. The lowest BCUT2D eigenvalue weighted by atomic mass is 10.1. The summed E-state index contributed by atoms with van der Waals surface area (Å²) in [6.07, 6.45) is 2.23. The van der Waals surface area contributed by atoms with Crippen LogP contribution < -0.4 is 10.6 Å². The minimum absolute atomic E-state index is 0.678. The van der Waals surface area contributed by atoms with Crippen molar-refractivity contribution in [2.24, 2.45) is 5.73 Å². The summed E-state index contributed by atoms with van der Waals surface area (Å²) in [6.45, 7) is 5.16. The molecule has 1 fully saturated rings. The van der Waals surface area contributed by atoms with Gasteiger partial charge in [-0.15, -0.1) is 0 Å². The van der Waals surface area contributed by atoms with Gasteiger partial charge in [0.15, 0.2) is 0 Å². The first-order valence-corrected chi connectivity index (χ1v) is 6.83. The largest absolute Gasteiger partial charge is 0.370 e. The highest BCUT2D eigenvalue weighted by atomic mass is 15.2. The number of aryl methyl sites for hydroxylation is 1. The second-order valence-electron chi connectivity index (χ2n) is 5.52. The molecule has 1 aliphatic heterocycles. The number of anilines is 1. The Hall–Kier alpha value is -1.06. The molecule has 1 aromatic carbocycles. The Bertz CT molecular complexity index is 401. The molecule has 0 bridgehead atoms. The Kier molecular flexibility index (Phi) is 4.25. The summed E-state index contributed by atoms with van der Waals surface area (Å²) in [4.78, 5) is 4.84. The Morgan fingerprint density at radius 2 is 2.17 bits per heavy atom. The monoisotopic (exact) mass is 247 g/mol. The Morgan fingerprint density at radius 1 is 1.39 bits per heavy atom. The van der Waals surface area contributed by atoms with Crippen LogP contribution >= 0.6 is 0 Å². The van der Waals surface area contributed by atoms with Crippen LogP contribution in [0.4, 0.5) is 5.69 Å². The molecule has 1 unspecified atom stereocenters. The van der Waals surface area contributed by atoms with Crippen LogP contribution in [0.5, 0.6) is 0 Å². The third kappa shape index (κ3) is 2.85. The Labute approximate surface area is 111 Å². The predicted molar refractivity (Wildman–Crippen MR) is 78.2 cm³/mol. The normalized spacial score (nSPS) is 19.8. The zero-order valence-electron chi connectivity index (χ0n) is 11.8. The molecule has 1 aromatic rings. The topological polar surface area (TPSA) is 32.5 Å². The van der Waals surface area contributed by atoms with E-state index in [0.29, 0.717) is 6.04 Å². The second kappa shape index (κ2) is 5.72. The van der Waals surface area contributed by atoms with Gasteiger partial charge in [-0.25, -0.2) is 0 Å². The van der Waals surface area contributed by atoms with Gasteiger partial charge in [0.05, 0.1) is 0 Å². The molecule has 0 amide bonds. The molecule has 2 N–H and O–H groups in total. The highest BCUT2D eigenvalue weighted by Gasteiger charge is 2.25. The summed E-state index contributed by atoms with van der Waals surface area (Å²) < 4.78 is 0. The van der Waals surface area contributed by atoms with Crippen molar-refractivity contribution >= 4 is 5.69 Å². The SMILES string of the molecule is Cc1ccc(N2CCC(N(C)C)C2)c(CCN)c1. The summed E-state index contributed by atoms with van der Waals surface area (Å²) in [5, 5.41) is 0. The molecule has 2 rings (SSSR count). The standard InChI is InChI=1S/C15H25N3/c1-12-4-5-15(13(10-12)6-8-16)18-9-7-14(11-18)17(2)3/h4-5,10,14H,6-9,11,16H2,1-3H3. The summed E-state index contributed by atoms with van der Waals surface area (Å²) in [6, 6.07) is 7.43. The maximum Gasteiger partial charge on any atom is 0.0399 e. The van der Waals surface area contributed by atoms with E-state index in [1.807, 2.05) is 0 Å². The van der Waals surface area contributed by atoms with Crippen LogP contribution in [-0.2, 0) is 6.42 Å². The summed E-state index contributed by atoms with van der Waals surface area (Å²) in [7, 11) is 4.34. The van der Waals surface area contributed by atoms with E-state index in [0.717, 1.165) is 26.1 Å². The number of hydrogen-bond acceptors (Lipinski definition) is 3. The molecule has 0 aromatic heterocycles. The van der Waals surface area contributed by atoms with Crippen LogP contribution in [0.15, 0.2) is 18.2 Å². The van der Waals surface area contributed by atoms with Crippen molar-refractivity contribution in [3.8, 4) is 0 Å². The van der Waals surface area contributed by atoms with Crippen molar-refractivity contribution in [2.45, 2.75) is 25.8 Å². The highest BCUT2D eigenvalue weighted by molar-refractivity contribution is 5.56. The van der Waals surface area contributed by atoms with Gasteiger partial charge in [0, 0.05) is 24.8 Å². The highest BCUT2D eigenvalue weighted by Crippen LogP contribution is 2.27. The summed E-state index contributed by atoms with van der Waals surface area (Å²) in [5.41, 5.74) is 9.84. The molecule has 18 heavy (non-hydrogen) atoms. The van der Waals surface area contributed by atoms with Crippen LogP contribution in [0.3, 0.4) is 0 Å². The fourth-order valence-corrected chi connectivity index (χ4v) is 2.76. The maximum atomic E-state index is 5.73. The van der Waals surface area contributed by atoms with Gasteiger partial charge in [-0.3, -0.25) is 0 Å². The van der Waals surface area contributed by atoms with Crippen LogP contribution in [0.2, 0.25) is 0 Å². The van der Waals surface area contributed by atoms with Crippen LogP contribution in [0, 0.1) is 6.92 Å². The molecule has 0 saturated carbocycles. The van der Waals surface area contributed by atoms with Crippen LogP contribution in [-0.4, -0.2) is 44.7 Å². The molecule has 3 nitrogen and oxygen atoms in total. The van der Waals surface area contributed by atoms with E-state index in [9.17, 15) is 0 Å². The molecule has 1 atom stereocenters. The molecule has 0 radical (unpaired) electrons. The molecule has 1 aliphatic rings. The van der Waals surface area contributed by atoms with Gasteiger partial charge in [-0.05, 0) is 52.0 Å². The van der Waals surface area contributed by atoms with Crippen molar-refractivity contribution in [3.63, 3.8) is 0 Å². The number of benzene rings is 1. The van der Waals surface area contributed by atoms with Gasteiger partial charge in [-0.1, -0.05) is 17.7 Å². The first-order chi connectivity index (χ1) is 8.61. The van der Waals surface area contributed by atoms with Gasteiger partial charge in [-0.2, -0.15) is 0 Å². The lowest BCUT2D eigenvalue weighted by Gasteiger charge is -2.24. The van der Waals surface area contributed by atoms with Crippen LogP contribution in [0.1, 0.15) is 17.5 Å². The van der Waals surface area contributed by atoms with Gasteiger partial charge in [0.1, 0.15) is 0 Å². The number of likely N-dealkylation sites (N-methyl/N-ethyl adjacent to an activating group) is 1. The van der Waals surface area contributed by atoms with E-state index in [1.54, 1.807) is 0 Å². The van der Waals surface area contributed by atoms with Crippen molar-refractivity contribution in [1.29, 1.82) is 0 Å². The predicted octanol–water partition coefficient (Wildman–Crippen LogP) is 1.64. The van der Waals surface area contributed by atoms with E-state index in [2.05, 4.69) is 49.0 Å². The average Bonchev–Trinajstić information content (AvgIpc) is 2.79. The zero-order chi connectivity index (χ0) is 13.1. The lowest BCUT2D eigenvalue weighted by Crippen LogP contribution is -2.31. The van der Waals surface area contributed by atoms with E-state index in [4.69, 9.17) is 5.73 Å². The van der Waals surface area contributed by atoms with Crippen LogP contribution in [0.25, 0.3) is 0 Å². The van der Waals surface area contributed by atoms with Gasteiger partial charge < -0.3 is 15.5 Å². The quantitative estimate of drug-likeness (QED) is 0.878. The minimum Gasteiger partial charge on any atom is -0.370 e. The summed E-state index contributed by atoms with van der Waals surface area (Å²) >= 11 is 0. The molecule has 100 valence electrons. The molecule has 0 spiro atoms. The van der Waals surface area contributed by atoms with E-state index >= 15 is 0 Å². The van der Waals surface area contributed by atoms with Crippen molar-refractivity contribution < 1.29 is 0 Å². The maximum absolute atomic E-state index is 5.73. The van der Waals surface area contributed by atoms with Crippen molar-refractivity contribution in [3.05, 3.63) is 29.3 Å². The zero-order valence-corrected chi connectivity index (χ0v) is 11.8. The van der Waals surface area contributed by atoms with Gasteiger partial charge >= 0.3 is 0 Å². The number of rotatable bonds is 4. The average molecular weight is 247 g/mol. The van der Waals surface area contributed by atoms with Crippen molar-refractivity contribution in [1.82, 2.24) is 4.90 Å². The van der Waals surface area contributed by atoms with E-state index in [-0.39, 0.29) is 0 Å². The second-order valence-corrected chi connectivity index (χ2v) is 5.52. The van der Waals surface area contributed by atoms with Crippen molar-refractivity contribution in [2.75, 3.05) is 38.6 Å². The molecule has 0 aliphatic carbocycles. The minimum atomic E-state index is 0.678. The molecule has 1 heterocycles. The number of nitrogens with zero attached hydrogens (tertiary/aromatic N) is 2. The number of hydrogen-bond donors (Lipinski definition) is 1. The Balaban J connectivity index is 2.18.